The Morgan fingerprint density at radius 3 is 2.85 bits per heavy atom. The molecule has 0 spiro atoms. The van der Waals surface area contributed by atoms with E-state index in [-0.39, 0.29) is 0 Å². The summed E-state index contributed by atoms with van der Waals surface area (Å²) in [5.41, 5.74) is 3.14. The fourth-order valence-electron chi connectivity index (χ4n) is 2.36. The van der Waals surface area contributed by atoms with E-state index < -0.39 is 11.9 Å². The minimum Gasteiger partial charge on any atom is -0.481 e. The average Bonchev–Trinajstić information content (AvgIpc) is 2.81. The zero-order valence-corrected chi connectivity index (χ0v) is 10.9. The van der Waals surface area contributed by atoms with Crippen molar-refractivity contribution in [1.29, 1.82) is 0 Å². The number of aliphatic carboxylic acids is 1. The van der Waals surface area contributed by atoms with Gasteiger partial charge in [-0.3, -0.25) is 9.78 Å². The molecule has 2 aromatic heterocycles. The van der Waals surface area contributed by atoms with Gasteiger partial charge in [-0.15, -0.1) is 0 Å². The second kappa shape index (κ2) is 4.77. The summed E-state index contributed by atoms with van der Waals surface area (Å²) in [5.74, 6) is -1.62. The Hall–Kier alpha value is -2.69. The minimum atomic E-state index is -0.895. The van der Waals surface area contributed by atoms with Crippen LogP contribution in [0.3, 0.4) is 0 Å². The van der Waals surface area contributed by atoms with E-state index in [9.17, 15) is 9.90 Å². The minimum absolute atomic E-state index is 0.662. The maximum atomic E-state index is 11.6. The van der Waals surface area contributed by atoms with Crippen LogP contribution in [0, 0.1) is 0 Å². The Morgan fingerprint density at radius 2 is 2.15 bits per heavy atom. The molecular weight excluding hydrogens is 254 g/mol. The van der Waals surface area contributed by atoms with Crippen molar-refractivity contribution in [3.05, 3.63) is 60.2 Å². The quantitative estimate of drug-likeness (QED) is 0.789. The Bertz CT molecular complexity index is 765. The molecule has 5 heteroatoms. The van der Waals surface area contributed by atoms with Crippen LogP contribution in [0.1, 0.15) is 17.0 Å². The second-order valence-corrected chi connectivity index (χ2v) is 4.66. The number of pyridine rings is 1. The predicted octanol–water partition coefficient (Wildman–Crippen LogP) is 2.18. The van der Waals surface area contributed by atoms with Gasteiger partial charge in [-0.25, -0.2) is 4.98 Å². The van der Waals surface area contributed by atoms with Crippen LogP contribution in [-0.4, -0.2) is 25.6 Å². The van der Waals surface area contributed by atoms with Gasteiger partial charge in [0.2, 0.25) is 0 Å². The van der Waals surface area contributed by atoms with Gasteiger partial charge < -0.3 is 9.67 Å². The number of rotatable bonds is 3. The van der Waals surface area contributed by atoms with E-state index in [0.717, 1.165) is 11.0 Å². The largest absolute Gasteiger partial charge is 0.481 e. The highest BCUT2D eigenvalue weighted by Gasteiger charge is 2.22. The van der Waals surface area contributed by atoms with Gasteiger partial charge in [0.15, 0.2) is 0 Å². The van der Waals surface area contributed by atoms with Crippen molar-refractivity contribution < 1.29 is 9.90 Å². The third-order valence-electron chi connectivity index (χ3n) is 3.35. The maximum Gasteiger partial charge on any atom is 0.315 e. The summed E-state index contributed by atoms with van der Waals surface area (Å²) in [4.78, 5) is 19.9. The van der Waals surface area contributed by atoms with E-state index in [0.29, 0.717) is 11.1 Å². The molecule has 0 aliphatic carbocycles. The summed E-state index contributed by atoms with van der Waals surface area (Å²) in [6.45, 7) is 0. The Kier molecular flexibility index (Phi) is 2.95. The van der Waals surface area contributed by atoms with Crippen LogP contribution >= 0.6 is 0 Å². The van der Waals surface area contributed by atoms with Crippen molar-refractivity contribution in [3.63, 3.8) is 0 Å². The summed E-state index contributed by atoms with van der Waals surface area (Å²) in [6, 6.07) is 9.06. The molecule has 0 amide bonds. The van der Waals surface area contributed by atoms with Gasteiger partial charge in [-0.1, -0.05) is 12.1 Å². The smallest absolute Gasteiger partial charge is 0.315 e. The molecule has 3 aromatic rings. The molecule has 1 unspecified atom stereocenters. The van der Waals surface area contributed by atoms with E-state index in [1.807, 2.05) is 29.8 Å². The van der Waals surface area contributed by atoms with Gasteiger partial charge in [0.1, 0.15) is 5.92 Å². The number of aromatic nitrogens is 3. The Morgan fingerprint density at radius 1 is 1.30 bits per heavy atom. The molecule has 0 aliphatic heterocycles. The van der Waals surface area contributed by atoms with Crippen molar-refractivity contribution in [1.82, 2.24) is 14.5 Å². The standard InChI is InChI=1S/C15H13N3O2/c1-18-9-17-12-7-10(4-5-13(12)18)14(15(19)20)11-3-2-6-16-8-11/h2-9,14H,1H3,(H,19,20). The summed E-state index contributed by atoms with van der Waals surface area (Å²) >= 11 is 0. The second-order valence-electron chi connectivity index (χ2n) is 4.66. The molecule has 100 valence electrons. The first kappa shape index (κ1) is 12.3. The number of imidazole rings is 1. The van der Waals surface area contributed by atoms with Gasteiger partial charge >= 0.3 is 5.97 Å². The highest BCUT2D eigenvalue weighted by atomic mass is 16.4. The third-order valence-corrected chi connectivity index (χ3v) is 3.35. The van der Waals surface area contributed by atoms with E-state index in [1.165, 1.54) is 0 Å². The first-order valence-corrected chi connectivity index (χ1v) is 6.20. The maximum absolute atomic E-state index is 11.6. The zero-order valence-electron chi connectivity index (χ0n) is 10.9. The van der Waals surface area contributed by atoms with Crippen molar-refractivity contribution in [2.24, 2.45) is 7.05 Å². The molecule has 1 aromatic carbocycles. The SMILES string of the molecule is Cn1cnc2cc(C(C(=O)O)c3cccnc3)ccc21. The topological polar surface area (TPSA) is 68.0 Å². The first-order chi connectivity index (χ1) is 9.66. The van der Waals surface area contributed by atoms with Crippen molar-refractivity contribution in [2.45, 2.75) is 5.92 Å². The molecule has 0 fully saturated rings. The monoisotopic (exact) mass is 267 g/mol. The van der Waals surface area contributed by atoms with Crippen molar-refractivity contribution in [3.8, 4) is 0 Å². The lowest BCUT2D eigenvalue weighted by atomic mass is 9.92. The van der Waals surface area contributed by atoms with E-state index >= 15 is 0 Å². The zero-order chi connectivity index (χ0) is 14.1. The number of carboxylic acids is 1. The number of fused-ring (bicyclic) bond motifs is 1. The van der Waals surface area contributed by atoms with Crippen LogP contribution in [0.2, 0.25) is 0 Å². The summed E-state index contributed by atoms with van der Waals surface area (Å²) in [5, 5.41) is 9.50. The third kappa shape index (κ3) is 2.03. The highest BCUT2D eigenvalue weighted by Crippen LogP contribution is 2.26. The molecule has 0 saturated heterocycles. The average molecular weight is 267 g/mol. The fourth-order valence-corrected chi connectivity index (χ4v) is 2.36. The molecule has 0 saturated carbocycles. The lowest BCUT2D eigenvalue weighted by molar-refractivity contribution is -0.137. The molecule has 0 bridgehead atoms. The summed E-state index contributed by atoms with van der Waals surface area (Å²) < 4.78 is 1.90. The molecule has 0 radical (unpaired) electrons. The van der Waals surface area contributed by atoms with Crippen LogP contribution in [-0.2, 0) is 11.8 Å². The van der Waals surface area contributed by atoms with Gasteiger partial charge in [-0.2, -0.15) is 0 Å². The van der Waals surface area contributed by atoms with Crippen molar-refractivity contribution in [2.75, 3.05) is 0 Å². The van der Waals surface area contributed by atoms with Crippen LogP contribution < -0.4 is 0 Å². The molecule has 0 aliphatic rings. The van der Waals surface area contributed by atoms with E-state index in [2.05, 4.69) is 9.97 Å². The molecule has 2 heterocycles. The van der Waals surface area contributed by atoms with Crippen LogP contribution in [0.25, 0.3) is 11.0 Å². The molecule has 3 rings (SSSR count). The molecular formula is C15H13N3O2. The highest BCUT2D eigenvalue weighted by molar-refractivity contribution is 5.83. The number of benzene rings is 1. The van der Waals surface area contributed by atoms with Gasteiger partial charge in [-0.05, 0) is 29.3 Å². The Balaban J connectivity index is 2.12. The van der Waals surface area contributed by atoms with Crippen LogP contribution in [0.4, 0.5) is 0 Å². The number of hydrogen-bond acceptors (Lipinski definition) is 3. The normalized spacial score (nSPS) is 12.4. The number of hydrogen-bond donors (Lipinski definition) is 1. The van der Waals surface area contributed by atoms with Gasteiger partial charge in [0.05, 0.1) is 17.4 Å². The number of carbonyl (C=O) groups is 1. The van der Waals surface area contributed by atoms with Crippen LogP contribution in [0.15, 0.2) is 49.1 Å². The first-order valence-electron chi connectivity index (χ1n) is 6.20. The lowest BCUT2D eigenvalue weighted by Crippen LogP contribution is -2.13. The van der Waals surface area contributed by atoms with E-state index in [1.54, 1.807) is 30.9 Å². The molecule has 5 nitrogen and oxygen atoms in total. The fraction of sp³-hybridized carbons (Fsp3) is 0.133. The molecule has 20 heavy (non-hydrogen) atoms. The van der Waals surface area contributed by atoms with Gasteiger partial charge in [0, 0.05) is 19.4 Å². The van der Waals surface area contributed by atoms with Crippen LogP contribution in [0.5, 0.6) is 0 Å². The number of nitrogens with zero attached hydrogens (tertiary/aromatic N) is 3. The summed E-state index contributed by atoms with van der Waals surface area (Å²) in [7, 11) is 1.91. The van der Waals surface area contributed by atoms with Crippen molar-refractivity contribution >= 4 is 17.0 Å². The lowest BCUT2D eigenvalue weighted by Gasteiger charge is -2.12. The van der Waals surface area contributed by atoms with E-state index in [4.69, 9.17) is 0 Å². The number of aryl methyl sites for hydroxylation is 1. The molecule has 1 atom stereocenters. The summed E-state index contributed by atoms with van der Waals surface area (Å²) in [6.07, 6.45) is 4.93. The number of carboxylic acid groups (broad SMARTS) is 1. The molecule has 1 N–H and O–H groups in total. The predicted molar refractivity (Wildman–Crippen MR) is 74.4 cm³/mol. The Labute approximate surface area is 115 Å². The van der Waals surface area contributed by atoms with Gasteiger partial charge in [0.25, 0.3) is 0 Å².